The Morgan fingerprint density at radius 1 is 1.26 bits per heavy atom. The van der Waals surface area contributed by atoms with E-state index in [0.29, 0.717) is 23.7 Å². The van der Waals surface area contributed by atoms with E-state index in [0.717, 1.165) is 12.1 Å². The van der Waals surface area contributed by atoms with Gasteiger partial charge in [0.2, 0.25) is 5.91 Å². The normalized spacial score (nSPS) is 17.1. The average Bonchev–Trinajstić information content (AvgIpc) is 2.95. The van der Waals surface area contributed by atoms with Gasteiger partial charge in [-0.15, -0.1) is 0 Å². The van der Waals surface area contributed by atoms with Crippen LogP contribution < -0.4 is 10.2 Å². The highest BCUT2D eigenvalue weighted by molar-refractivity contribution is 6.31. The molecule has 1 fully saturated rings. The van der Waals surface area contributed by atoms with Crippen LogP contribution in [0.2, 0.25) is 5.02 Å². The van der Waals surface area contributed by atoms with Crippen molar-refractivity contribution in [1.82, 2.24) is 9.80 Å². The van der Waals surface area contributed by atoms with Gasteiger partial charge < -0.3 is 20.0 Å². The lowest BCUT2D eigenvalue weighted by Gasteiger charge is -2.27. The highest BCUT2D eigenvalue weighted by Crippen LogP contribution is 2.29. The van der Waals surface area contributed by atoms with Crippen molar-refractivity contribution in [2.75, 3.05) is 45.0 Å². The van der Waals surface area contributed by atoms with Gasteiger partial charge in [-0.3, -0.25) is 4.79 Å². The van der Waals surface area contributed by atoms with Crippen LogP contribution in [0.1, 0.15) is 12.8 Å². The number of amides is 3. The molecule has 7 heteroatoms. The number of rotatable bonds is 3. The van der Waals surface area contributed by atoms with E-state index in [1.807, 2.05) is 25.1 Å². The van der Waals surface area contributed by atoms with Gasteiger partial charge >= 0.3 is 6.03 Å². The van der Waals surface area contributed by atoms with E-state index < -0.39 is 6.04 Å². The summed E-state index contributed by atoms with van der Waals surface area (Å²) in [6.45, 7) is 0.577. The van der Waals surface area contributed by atoms with Crippen LogP contribution in [0.3, 0.4) is 0 Å². The number of likely N-dealkylation sites (N-methyl/N-ethyl adjacent to an activating group) is 1. The van der Waals surface area contributed by atoms with Gasteiger partial charge in [0, 0.05) is 39.8 Å². The molecule has 1 N–H and O–H groups in total. The lowest BCUT2D eigenvalue weighted by atomic mass is 10.2. The highest BCUT2D eigenvalue weighted by atomic mass is 35.5. The number of hydrogen-bond donors (Lipinski definition) is 1. The third-order valence-electron chi connectivity index (χ3n) is 3.92. The number of nitrogens with zero attached hydrogens (tertiary/aromatic N) is 3. The molecule has 0 aromatic heterocycles. The van der Waals surface area contributed by atoms with Gasteiger partial charge in [-0.1, -0.05) is 11.6 Å². The number of halogens is 1. The molecule has 0 unspecified atom stereocenters. The van der Waals surface area contributed by atoms with E-state index in [9.17, 15) is 9.59 Å². The minimum atomic E-state index is -0.396. The number of carbonyl (C=O) groups is 2. The summed E-state index contributed by atoms with van der Waals surface area (Å²) >= 11 is 6.04. The number of hydrogen-bond acceptors (Lipinski definition) is 3. The van der Waals surface area contributed by atoms with Crippen LogP contribution in [0.5, 0.6) is 0 Å². The molecule has 1 aromatic carbocycles. The van der Waals surface area contributed by atoms with Crippen molar-refractivity contribution >= 4 is 34.9 Å². The van der Waals surface area contributed by atoms with E-state index in [1.54, 1.807) is 31.1 Å². The summed E-state index contributed by atoms with van der Waals surface area (Å²) in [5, 5.41) is 3.44. The standard InChI is InChI=1S/C16H23ClN4O2/c1-19(2)13-8-7-11(17)10-12(13)18-16(23)21-9-5-6-14(21)15(22)20(3)4/h7-8,10,14H,5-6,9H2,1-4H3,(H,18,23)/t14-/m1/s1. The fraction of sp³-hybridized carbons (Fsp3) is 0.500. The minimum Gasteiger partial charge on any atom is -0.376 e. The molecule has 1 aliphatic heterocycles. The molecule has 1 saturated heterocycles. The molecule has 23 heavy (non-hydrogen) atoms. The maximum absolute atomic E-state index is 12.6. The SMILES string of the molecule is CN(C)C(=O)[C@H]1CCCN1C(=O)Nc1cc(Cl)ccc1N(C)C. The Morgan fingerprint density at radius 3 is 2.57 bits per heavy atom. The van der Waals surface area contributed by atoms with Gasteiger partial charge in [-0.05, 0) is 31.0 Å². The lowest BCUT2D eigenvalue weighted by Crippen LogP contribution is -2.47. The van der Waals surface area contributed by atoms with Crippen LogP contribution >= 0.6 is 11.6 Å². The van der Waals surface area contributed by atoms with Crippen LogP contribution in [-0.4, -0.2) is 62.5 Å². The van der Waals surface area contributed by atoms with Gasteiger partial charge in [0.25, 0.3) is 0 Å². The predicted molar refractivity (Wildman–Crippen MR) is 93.2 cm³/mol. The molecule has 0 aliphatic carbocycles. The summed E-state index contributed by atoms with van der Waals surface area (Å²) < 4.78 is 0. The topological polar surface area (TPSA) is 55.9 Å². The molecule has 1 heterocycles. The van der Waals surface area contributed by atoms with Crippen molar-refractivity contribution < 1.29 is 9.59 Å². The van der Waals surface area contributed by atoms with Crippen LogP contribution in [0.15, 0.2) is 18.2 Å². The molecule has 0 bridgehead atoms. The highest BCUT2D eigenvalue weighted by Gasteiger charge is 2.35. The Labute approximate surface area is 142 Å². The number of nitrogens with one attached hydrogen (secondary N) is 1. The first-order chi connectivity index (χ1) is 10.8. The Kier molecular flexibility index (Phi) is 5.36. The number of urea groups is 1. The summed E-state index contributed by atoms with van der Waals surface area (Å²) in [7, 11) is 7.20. The molecule has 1 atom stereocenters. The third-order valence-corrected chi connectivity index (χ3v) is 4.16. The van der Waals surface area contributed by atoms with Gasteiger partial charge in [0.1, 0.15) is 6.04 Å². The molecule has 0 saturated carbocycles. The second-order valence-electron chi connectivity index (χ2n) is 6.07. The molecule has 6 nitrogen and oxygen atoms in total. The molecule has 126 valence electrons. The van der Waals surface area contributed by atoms with Crippen molar-refractivity contribution in [3.63, 3.8) is 0 Å². The maximum Gasteiger partial charge on any atom is 0.322 e. The Bertz CT molecular complexity index is 604. The summed E-state index contributed by atoms with van der Waals surface area (Å²) in [4.78, 5) is 29.9. The van der Waals surface area contributed by atoms with E-state index in [1.165, 1.54) is 4.90 Å². The van der Waals surface area contributed by atoms with Gasteiger partial charge in [0.05, 0.1) is 11.4 Å². The zero-order chi connectivity index (χ0) is 17.1. The Balaban J connectivity index is 2.19. The van der Waals surface area contributed by atoms with E-state index in [-0.39, 0.29) is 11.9 Å². The quantitative estimate of drug-likeness (QED) is 0.921. The first kappa shape index (κ1) is 17.4. The first-order valence-electron chi connectivity index (χ1n) is 7.57. The van der Waals surface area contributed by atoms with E-state index >= 15 is 0 Å². The van der Waals surface area contributed by atoms with Gasteiger partial charge in [0.15, 0.2) is 0 Å². The Morgan fingerprint density at radius 2 is 1.96 bits per heavy atom. The molecule has 1 aromatic rings. The van der Waals surface area contributed by atoms with E-state index in [4.69, 9.17) is 11.6 Å². The zero-order valence-corrected chi connectivity index (χ0v) is 14.7. The number of carbonyl (C=O) groups excluding carboxylic acids is 2. The van der Waals surface area contributed by atoms with Crippen molar-refractivity contribution in [1.29, 1.82) is 0 Å². The van der Waals surface area contributed by atoms with Crippen LogP contribution in [-0.2, 0) is 4.79 Å². The lowest BCUT2D eigenvalue weighted by molar-refractivity contribution is -0.132. The number of benzene rings is 1. The second-order valence-corrected chi connectivity index (χ2v) is 6.51. The first-order valence-corrected chi connectivity index (χ1v) is 7.94. The summed E-state index contributed by atoms with van der Waals surface area (Å²) in [5.74, 6) is -0.0448. The van der Waals surface area contributed by atoms with Crippen molar-refractivity contribution in [2.45, 2.75) is 18.9 Å². The van der Waals surface area contributed by atoms with Crippen molar-refractivity contribution in [2.24, 2.45) is 0 Å². The molecule has 0 spiro atoms. The summed E-state index contributed by atoms with van der Waals surface area (Å²) in [6.07, 6.45) is 1.52. The number of anilines is 2. The van der Waals surface area contributed by atoms with Crippen LogP contribution in [0.25, 0.3) is 0 Å². The van der Waals surface area contributed by atoms with Crippen LogP contribution in [0.4, 0.5) is 16.2 Å². The molecule has 1 aliphatic rings. The average molecular weight is 339 g/mol. The molecule has 2 rings (SSSR count). The zero-order valence-electron chi connectivity index (χ0n) is 14.0. The monoisotopic (exact) mass is 338 g/mol. The van der Waals surface area contributed by atoms with Crippen LogP contribution in [0, 0.1) is 0 Å². The molecule has 0 radical (unpaired) electrons. The third kappa shape index (κ3) is 3.88. The van der Waals surface area contributed by atoms with Crippen molar-refractivity contribution in [3.05, 3.63) is 23.2 Å². The summed E-state index contributed by atoms with van der Waals surface area (Å²) in [6, 6.07) is 4.68. The van der Waals surface area contributed by atoms with Gasteiger partial charge in [-0.2, -0.15) is 0 Å². The molecular weight excluding hydrogens is 316 g/mol. The fourth-order valence-electron chi connectivity index (χ4n) is 2.75. The second kappa shape index (κ2) is 7.08. The summed E-state index contributed by atoms with van der Waals surface area (Å²) in [5.41, 5.74) is 1.49. The van der Waals surface area contributed by atoms with E-state index in [2.05, 4.69) is 5.32 Å². The Hall–Kier alpha value is -1.95. The minimum absolute atomic E-state index is 0.0448. The largest absolute Gasteiger partial charge is 0.376 e. The van der Waals surface area contributed by atoms with Crippen molar-refractivity contribution in [3.8, 4) is 0 Å². The smallest absolute Gasteiger partial charge is 0.322 e. The van der Waals surface area contributed by atoms with Gasteiger partial charge in [-0.25, -0.2) is 4.79 Å². The maximum atomic E-state index is 12.6. The molecule has 3 amide bonds. The molecular formula is C16H23ClN4O2. The predicted octanol–water partition coefficient (Wildman–Crippen LogP) is 2.49. The number of likely N-dealkylation sites (tertiary alicyclic amines) is 1. The fourth-order valence-corrected chi connectivity index (χ4v) is 2.92.